The van der Waals surface area contributed by atoms with E-state index in [2.05, 4.69) is 36.9 Å². The maximum absolute atomic E-state index is 12.5. The molecule has 2 saturated heterocycles. The van der Waals surface area contributed by atoms with Crippen LogP contribution in [-0.2, 0) is 10.5 Å². The van der Waals surface area contributed by atoms with E-state index in [1.165, 1.54) is 36.0 Å². The minimum atomic E-state index is -0.397. The van der Waals surface area contributed by atoms with Gasteiger partial charge >= 0.3 is 0 Å². The standard InChI is InChI=1S/C20H30N2O2S/c1-15-8-16(2)10-17(9-15)13-25-14-20(24)22-11-18(19(23)12-22)21-6-4-3-5-7-21/h8-10,18-19,23H,3-7,11-14H2,1-2H3/t18-,19-/m0/s1. The Labute approximate surface area is 155 Å². The predicted octanol–water partition coefficient (Wildman–Crippen LogP) is 2.59. The molecule has 5 heteroatoms. The van der Waals surface area contributed by atoms with E-state index in [1.807, 2.05) is 4.90 Å². The molecule has 0 spiro atoms. The molecule has 1 aromatic rings. The Morgan fingerprint density at radius 2 is 1.80 bits per heavy atom. The van der Waals surface area contributed by atoms with Gasteiger partial charge in [0.25, 0.3) is 0 Å². The van der Waals surface area contributed by atoms with Crippen molar-refractivity contribution in [2.45, 2.75) is 51.0 Å². The number of likely N-dealkylation sites (tertiary alicyclic amines) is 2. The first-order valence-corrected chi connectivity index (χ1v) is 10.5. The van der Waals surface area contributed by atoms with Gasteiger partial charge in [-0.05, 0) is 45.3 Å². The molecule has 2 heterocycles. The van der Waals surface area contributed by atoms with Crippen LogP contribution in [0.3, 0.4) is 0 Å². The minimum Gasteiger partial charge on any atom is -0.390 e. The van der Waals surface area contributed by atoms with Crippen LogP contribution in [0.4, 0.5) is 0 Å². The highest BCUT2D eigenvalue weighted by Gasteiger charge is 2.37. The molecule has 0 aromatic heterocycles. The zero-order valence-corrected chi connectivity index (χ0v) is 16.2. The summed E-state index contributed by atoms with van der Waals surface area (Å²) in [5, 5.41) is 10.4. The van der Waals surface area contributed by atoms with Crippen molar-refractivity contribution >= 4 is 17.7 Å². The Balaban J connectivity index is 1.46. The summed E-state index contributed by atoms with van der Waals surface area (Å²) in [5.74, 6) is 1.51. The molecule has 0 saturated carbocycles. The lowest BCUT2D eigenvalue weighted by Gasteiger charge is -2.33. The number of aliphatic hydroxyl groups is 1. The average Bonchev–Trinajstić information content (AvgIpc) is 2.97. The predicted molar refractivity (Wildman–Crippen MR) is 104 cm³/mol. The molecule has 1 amide bonds. The first-order valence-electron chi connectivity index (χ1n) is 9.38. The van der Waals surface area contributed by atoms with Crippen LogP contribution in [0.25, 0.3) is 0 Å². The van der Waals surface area contributed by atoms with Crippen LogP contribution >= 0.6 is 11.8 Å². The van der Waals surface area contributed by atoms with E-state index in [4.69, 9.17) is 0 Å². The Morgan fingerprint density at radius 3 is 2.48 bits per heavy atom. The molecular formula is C20H30N2O2S. The summed E-state index contributed by atoms with van der Waals surface area (Å²) >= 11 is 1.67. The number of rotatable bonds is 5. The van der Waals surface area contributed by atoms with E-state index in [0.29, 0.717) is 18.8 Å². The number of β-amino-alcohol motifs (C(OH)–C–C–N with tert-alkyl or cyclic N) is 1. The van der Waals surface area contributed by atoms with Crippen molar-refractivity contribution in [3.05, 3.63) is 34.9 Å². The largest absolute Gasteiger partial charge is 0.390 e. The third-order valence-electron chi connectivity index (χ3n) is 5.25. The number of hydrogen-bond acceptors (Lipinski definition) is 4. The highest BCUT2D eigenvalue weighted by atomic mass is 32.2. The van der Waals surface area contributed by atoms with Crippen molar-refractivity contribution in [1.82, 2.24) is 9.80 Å². The molecule has 0 aliphatic carbocycles. The number of aryl methyl sites for hydroxylation is 2. The number of nitrogens with zero attached hydrogens (tertiary/aromatic N) is 2. The number of aliphatic hydroxyl groups excluding tert-OH is 1. The molecule has 1 N–H and O–H groups in total. The molecule has 2 aliphatic rings. The fourth-order valence-corrected chi connectivity index (χ4v) is 4.94. The van der Waals surface area contributed by atoms with Gasteiger partial charge in [0.1, 0.15) is 0 Å². The van der Waals surface area contributed by atoms with Crippen molar-refractivity contribution in [1.29, 1.82) is 0 Å². The van der Waals surface area contributed by atoms with E-state index in [1.54, 1.807) is 11.8 Å². The molecule has 0 unspecified atom stereocenters. The number of thioether (sulfide) groups is 1. The van der Waals surface area contributed by atoms with E-state index in [-0.39, 0.29) is 11.9 Å². The minimum absolute atomic E-state index is 0.133. The molecule has 0 bridgehead atoms. The lowest BCUT2D eigenvalue weighted by Crippen LogP contribution is -2.46. The second-order valence-corrected chi connectivity index (χ2v) is 8.50. The third-order valence-corrected chi connectivity index (χ3v) is 6.24. The van der Waals surface area contributed by atoms with Crippen LogP contribution in [0.5, 0.6) is 0 Å². The smallest absolute Gasteiger partial charge is 0.232 e. The second-order valence-electron chi connectivity index (χ2n) is 7.52. The topological polar surface area (TPSA) is 43.8 Å². The summed E-state index contributed by atoms with van der Waals surface area (Å²) in [7, 11) is 0. The zero-order valence-electron chi connectivity index (χ0n) is 15.4. The molecule has 2 aliphatic heterocycles. The van der Waals surface area contributed by atoms with Crippen LogP contribution < -0.4 is 0 Å². The number of carbonyl (C=O) groups is 1. The van der Waals surface area contributed by atoms with Gasteiger partial charge in [0.15, 0.2) is 0 Å². The zero-order chi connectivity index (χ0) is 17.8. The number of carbonyl (C=O) groups excluding carboxylic acids is 1. The average molecular weight is 363 g/mol. The van der Waals surface area contributed by atoms with Gasteiger partial charge in [-0.3, -0.25) is 9.69 Å². The first kappa shape index (κ1) is 18.7. The molecule has 4 nitrogen and oxygen atoms in total. The van der Waals surface area contributed by atoms with Crippen LogP contribution in [0.1, 0.15) is 36.0 Å². The van der Waals surface area contributed by atoms with Crippen LogP contribution in [0.2, 0.25) is 0 Å². The quantitative estimate of drug-likeness (QED) is 0.874. The van der Waals surface area contributed by atoms with Gasteiger partial charge < -0.3 is 10.0 Å². The maximum Gasteiger partial charge on any atom is 0.232 e. The summed E-state index contributed by atoms with van der Waals surface area (Å²) in [6.07, 6.45) is 3.31. The summed E-state index contributed by atoms with van der Waals surface area (Å²) < 4.78 is 0. The summed E-state index contributed by atoms with van der Waals surface area (Å²) in [6, 6.07) is 6.69. The van der Waals surface area contributed by atoms with E-state index in [9.17, 15) is 9.90 Å². The molecule has 25 heavy (non-hydrogen) atoms. The Morgan fingerprint density at radius 1 is 1.12 bits per heavy atom. The maximum atomic E-state index is 12.5. The van der Waals surface area contributed by atoms with Gasteiger partial charge in [0.2, 0.25) is 5.91 Å². The van der Waals surface area contributed by atoms with Gasteiger partial charge in [-0.15, -0.1) is 11.8 Å². The fourth-order valence-electron chi connectivity index (χ4n) is 4.08. The van der Waals surface area contributed by atoms with Gasteiger partial charge in [0.05, 0.1) is 17.9 Å². The third kappa shape index (κ3) is 4.99. The molecule has 2 atom stereocenters. The Hall–Kier alpha value is -1.04. The van der Waals surface area contributed by atoms with Gasteiger partial charge in [-0.2, -0.15) is 0 Å². The first-order chi connectivity index (χ1) is 12.0. The highest BCUT2D eigenvalue weighted by Crippen LogP contribution is 2.22. The molecular weight excluding hydrogens is 332 g/mol. The molecule has 138 valence electrons. The highest BCUT2D eigenvalue weighted by molar-refractivity contribution is 7.99. The number of piperidine rings is 1. The van der Waals surface area contributed by atoms with E-state index < -0.39 is 6.10 Å². The molecule has 0 radical (unpaired) electrons. The van der Waals surface area contributed by atoms with E-state index in [0.717, 1.165) is 18.8 Å². The summed E-state index contributed by atoms with van der Waals surface area (Å²) in [5.41, 5.74) is 3.82. The van der Waals surface area contributed by atoms with Crippen molar-refractivity contribution in [3.63, 3.8) is 0 Å². The van der Waals surface area contributed by atoms with Gasteiger partial charge in [-0.25, -0.2) is 0 Å². The Bertz CT molecular complexity index is 581. The lowest BCUT2D eigenvalue weighted by molar-refractivity contribution is -0.127. The fraction of sp³-hybridized carbons (Fsp3) is 0.650. The summed E-state index contributed by atoms with van der Waals surface area (Å²) in [4.78, 5) is 16.8. The number of amides is 1. The van der Waals surface area contributed by atoms with Crippen molar-refractivity contribution in [3.8, 4) is 0 Å². The van der Waals surface area contributed by atoms with Crippen molar-refractivity contribution < 1.29 is 9.90 Å². The van der Waals surface area contributed by atoms with Crippen LogP contribution in [-0.4, -0.2) is 64.9 Å². The SMILES string of the molecule is Cc1cc(C)cc(CSCC(=O)N2C[C@H](O)[C@@H](N3CCCCC3)C2)c1. The normalized spacial score (nSPS) is 24.7. The monoisotopic (exact) mass is 362 g/mol. The molecule has 1 aromatic carbocycles. The van der Waals surface area contributed by atoms with Crippen LogP contribution in [0.15, 0.2) is 18.2 Å². The molecule has 3 rings (SSSR count). The van der Waals surface area contributed by atoms with Gasteiger partial charge in [-0.1, -0.05) is 35.7 Å². The Kier molecular flexibility index (Phi) is 6.42. The number of hydrogen-bond donors (Lipinski definition) is 1. The van der Waals surface area contributed by atoms with Crippen molar-refractivity contribution in [2.24, 2.45) is 0 Å². The lowest BCUT2D eigenvalue weighted by atomic mass is 10.1. The molecule has 2 fully saturated rings. The van der Waals surface area contributed by atoms with Crippen molar-refractivity contribution in [2.75, 3.05) is 31.9 Å². The van der Waals surface area contributed by atoms with E-state index >= 15 is 0 Å². The second kappa shape index (κ2) is 8.56. The summed E-state index contributed by atoms with van der Waals surface area (Å²) in [6.45, 7) is 7.52. The van der Waals surface area contributed by atoms with Gasteiger partial charge in [0, 0.05) is 18.8 Å². The van der Waals surface area contributed by atoms with Crippen LogP contribution in [0, 0.1) is 13.8 Å². The number of benzene rings is 1.